The molecule has 1 amide bonds. The van der Waals surface area contributed by atoms with Crippen LogP contribution < -0.4 is 10.6 Å². The van der Waals surface area contributed by atoms with E-state index in [2.05, 4.69) is 17.6 Å². The molecule has 1 aliphatic heterocycles. The third-order valence-electron chi connectivity index (χ3n) is 1.98. The summed E-state index contributed by atoms with van der Waals surface area (Å²) >= 11 is 1.78. The summed E-state index contributed by atoms with van der Waals surface area (Å²) in [4.78, 5) is 11.3. The van der Waals surface area contributed by atoms with Gasteiger partial charge in [0.2, 0.25) is 5.91 Å². The van der Waals surface area contributed by atoms with Crippen LogP contribution in [0.15, 0.2) is 11.3 Å². The first-order valence-electron chi connectivity index (χ1n) is 3.95. The predicted octanol–water partition coefficient (Wildman–Crippen LogP) is 0.341. The molecule has 0 bridgehead atoms. The molecule has 4 heteroatoms. The van der Waals surface area contributed by atoms with Crippen molar-refractivity contribution in [3.8, 4) is 0 Å². The van der Waals surface area contributed by atoms with E-state index in [1.807, 2.05) is 7.05 Å². The minimum atomic E-state index is 0.0381. The monoisotopic (exact) mass is 186 g/mol. The van der Waals surface area contributed by atoms with E-state index < -0.39 is 0 Å². The summed E-state index contributed by atoms with van der Waals surface area (Å²) in [6, 6.07) is 0. The van der Waals surface area contributed by atoms with E-state index in [4.69, 9.17) is 0 Å². The summed E-state index contributed by atoms with van der Waals surface area (Å²) in [7, 11) is 3.52. The van der Waals surface area contributed by atoms with Gasteiger partial charge in [-0.1, -0.05) is 0 Å². The van der Waals surface area contributed by atoms with Crippen LogP contribution in [0, 0.1) is 0 Å². The highest BCUT2D eigenvalue weighted by Gasteiger charge is 2.25. The van der Waals surface area contributed by atoms with E-state index in [-0.39, 0.29) is 5.91 Å². The van der Waals surface area contributed by atoms with Crippen molar-refractivity contribution in [1.82, 2.24) is 10.6 Å². The van der Waals surface area contributed by atoms with Crippen LogP contribution >= 0.6 is 11.8 Å². The van der Waals surface area contributed by atoms with Crippen molar-refractivity contribution in [2.75, 3.05) is 19.8 Å². The Morgan fingerprint density at radius 1 is 1.58 bits per heavy atom. The molecule has 0 aromatic carbocycles. The van der Waals surface area contributed by atoms with Gasteiger partial charge >= 0.3 is 0 Å². The number of carbonyl (C=O) groups is 1. The lowest BCUT2D eigenvalue weighted by Gasteiger charge is -2.08. The molecule has 0 radical (unpaired) electrons. The second-order valence-corrected chi connectivity index (χ2v) is 4.00. The molecular formula is C8H14N2OS. The molecule has 0 saturated heterocycles. The average Bonchev–Trinajstić information content (AvgIpc) is 2.45. The first-order valence-corrected chi connectivity index (χ1v) is 5.00. The second-order valence-electron chi connectivity index (χ2n) is 2.67. The normalized spacial score (nSPS) is 22.8. The molecule has 0 aromatic heterocycles. The Hall–Kier alpha value is -0.640. The number of rotatable bonds is 2. The Balaban J connectivity index is 2.85. The summed E-state index contributed by atoms with van der Waals surface area (Å²) in [5.74, 6) is 0.855. The highest BCUT2D eigenvalue weighted by atomic mass is 32.2. The number of hydrogen-bond donors (Lipinski definition) is 2. The van der Waals surface area contributed by atoms with E-state index in [1.54, 1.807) is 18.8 Å². The lowest BCUT2D eigenvalue weighted by molar-refractivity contribution is -0.117. The maximum absolute atomic E-state index is 11.3. The molecule has 1 heterocycles. The molecular weight excluding hydrogens is 172 g/mol. The molecule has 3 nitrogen and oxygen atoms in total. The molecule has 0 aliphatic carbocycles. The van der Waals surface area contributed by atoms with E-state index in [1.165, 1.54) is 0 Å². The van der Waals surface area contributed by atoms with Crippen molar-refractivity contribution < 1.29 is 4.79 Å². The van der Waals surface area contributed by atoms with Crippen LogP contribution in [-0.2, 0) is 4.79 Å². The molecule has 1 unspecified atom stereocenters. The highest BCUT2D eigenvalue weighted by Crippen LogP contribution is 2.29. The Morgan fingerprint density at radius 2 is 2.25 bits per heavy atom. The van der Waals surface area contributed by atoms with Crippen LogP contribution in [0.5, 0.6) is 0 Å². The SMILES string of the molecule is CNC(=O)C1=C(NC)C(C)SC1. The van der Waals surface area contributed by atoms with E-state index in [0.29, 0.717) is 5.25 Å². The van der Waals surface area contributed by atoms with Crippen LogP contribution in [0.1, 0.15) is 6.92 Å². The van der Waals surface area contributed by atoms with Gasteiger partial charge in [-0.15, -0.1) is 11.8 Å². The lowest BCUT2D eigenvalue weighted by atomic mass is 10.2. The third-order valence-corrected chi connectivity index (χ3v) is 3.17. The second kappa shape index (κ2) is 3.85. The molecule has 68 valence electrons. The Bertz CT molecular complexity index is 225. The molecule has 0 saturated carbocycles. The molecule has 1 aliphatic rings. The van der Waals surface area contributed by atoms with Crippen LogP contribution in [0.25, 0.3) is 0 Å². The maximum atomic E-state index is 11.3. The quantitative estimate of drug-likeness (QED) is 0.653. The third kappa shape index (κ3) is 1.58. The Kier molecular flexibility index (Phi) is 3.03. The molecule has 0 spiro atoms. The van der Waals surface area contributed by atoms with Gasteiger partial charge in [-0.25, -0.2) is 0 Å². The lowest BCUT2D eigenvalue weighted by Crippen LogP contribution is -2.24. The molecule has 12 heavy (non-hydrogen) atoms. The van der Waals surface area contributed by atoms with Gasteiger partial charge in [0.25, 0.3) is 0 Å². The minimum absolute atomic E-state index is 0.0381. The van der Waals surface area contributed by atoms with Crippen molar-refractivity contribution in [1.29, 1.82) is 0 Å². The number of thioether (sulfide) groups is 1. The number of amides is 1. The summed E-state index contributed by atoms with van der Waals surface area (Å²) < 4.78 is 0. The number of hydrogen-bond acceptors (Lipinski definition) is 3. The van der Waals surface area contributed by atoms with Gasteiger partial charge in [0.15, 0.2) is 0 Å². The van der Waals surface area contributed by atoms with Crippen molar-refractivity contribution in [2.24, 2.45) is 0 Å². The average molecular weight is 186 g/mol. The first-order chi connectivity index (χ1) is 5.70. The molecule has 2 N–H and O–H groups in total. The van der Waals surface area contributed by atoms with E-state index in [9.17, 15) is 4.79 Å². The fourth-order valence-electron chi connectivity index (χ4n) is 1.31. The van der Waals surface area contributed by atoms with E-state index in [0.717, 1.165) is 17.0 Å². The van der Waals surface area contributed by atoms with E-state index >= 15 is 0 Å². The highest BCUT2D eigenvalue weighted by molar-refractivity contribution is 8.00. The number of nitrogens with one attached hydrogen (secondary N) is 2. The van der Waals surface area contributed by atoms with Gasteiger partial charge in [0.05, 0.1) is 0 Å². The van der Waals surface area contributed by atoms with Crippen LogP contribution in [-0.4, -0.2) is 31.0 Å². The first kappa shape index (κ1) is 9.45. The van der Waals surface area contributed by atoms with Crippen molar-refractivity contribution in [2.45, 2.75) is 12.2 Å². The van der Waals surface area contributed by atoms with Crippen molar-refractivity contribution >= 4 is 17.7 Å². The summed E-state index contributed by atoms with van der Waals surface area (Å²) in [6.45, 7) is 2.10. The number of carbonyl (C=O) groups excluding carboxylic acids is 1. The maximum Gasteiger partial charge on any atom is 0.249 e. The summed E-state index contributed by atoms with van der Waals surface area (Å²) in [6.07, 6.45) is 0. The molecule has 1 atom stereocenters. The Labute approximate surface area is 77.0 Å². The van der Waals surface area contributed by atoms with Gasteiger partial charge in [0.1, 0.15) is 0 Å². The van der Waals surface area contributed by atoms with Gasteiger partial charge in [-0.05, 0) is 6.92 Å². The molecule has 1 rings (SSSR count). The number of likely N-dealkylation sites (N-methyl/N-ethyl adjacent to an activating group) is 1. The van der Waals surface area contributed by atoms with Crippen LogP contribution in [0.3, 0.4) is 0 Å². The molecule has 0 aromatic rings. The van der Waals surface area contributed by atoms with Gasteiger partial charge < -0.3 is 10.6 Å². The Morgan fingerprint density at radius 3 is 2.75 bits per heavy atom. The topological polar surface area (TPSA) is 41.1 Å². The van der Waals surface area contributed by atoms with Crippen molar-refractivity contribution in [3.05, 3.63) is 11.3 Å². The predicted molar refractivity (Wildman–Crippen MR) is 52.1 cm³/mol. The van der Waals surface area contributed by atoms with Gasteiger partial charge in [-0.2, -0.15) is 0 Å². The van der Waals surface area contributed by atoms with Crippen LogP contribution in [0.4, 0.5) is 0 Å². The zero-order valence-corrected chi connectivity index (χ0v) is 8.42. The van der Waals surface area contributed by atoms with Crippen molar-refractivity contribution in [3.63, 3.8) is 0 Å². The fourth-order valence-corrected chi connectivity index (χ4v) is 2.44. The molecule has 0 fully saturated rings. The van der Waals surface area contributed by atoms with Crippen LogP contribution in [0.2, 0.25) is 0 Å². The minimum Gasteiger partial charge on any atom is -0.390 e. The summed E-state index contributed by atoms with van der Waals surface area (Å²) in [5.41, 5.74) is 1.96. The summed E-state index contributed by atoms with van der Waals surface area (Å²) in [5, 5.41) is 6.14. The van der Waals surface area contributed by atoms with Gasteiger partial charge in [0, 0.05) is 36.4 Å². The largest absolute Gasteiger partial charge is 0.390 e. The van der Waals surface area contributed by atoms with Gasteiger partial charge in [-0.3, -0.25) is 4.79 Å². The standard InChI is InChI=1S/C8H14N2OS/c1-5-7(9-2)6(4-12-5)8(11)10-3/h5,9H,4H2,1-3H3,(H,10,11). The zero-order chi connectivity index (χ0) is 9.14. The smallest absolute Gasteiger partial charge is 0.249 e. The fraction of sp³-hybridized carbons (Fsp3) is 0.625. The zero-order valence-electron chi connectivity index (χ0n) is 7.60.